The van der Waals surface area contributed by atoms with Crippen LogP contribution in [0, 0.1) is 0 Å². The summed E-state index contributed by atoms with van der Waals surface area (Å²) in [6.07, 6.45) is -1.48. The summed E-state index contributed by atoms with van der Waals surface area (Å²) >= 11 is 1.09. The van der Waals surface area contributed by atoms with Gasteiger partial charge in [0.2, 0.25) is 0 Å². The van der Waals surface area contributed by atoms with E-state index in [4.69, 9.17) is 4.42 Å². The van der Waals surface area contributed by atoms with Crippen LogP contribution in [0.5, 0.6) is 0 Å². The number of aryl methyl sites for hydroxylation is 1. The molecular weight excluding hydrogens is 407 g/mol. The van der Waals surface area contributed by atoms with E-state index in [1.165, 1.54) is 17.0 Å². The predicted octanol–water partition coefficient (Wildman–Crippen LogP) is 3.60. The molecule has 0 saturated heterocycles. The largest absolute Gasteiger partial charge is 0.419 e. The first-order chi connectivity index (χ1) is 13.9. The number of rotatable bonds is 6. The second-order valence-electron chi connectivity index (χ2n) is 6.08. The first-order valence-corrected chi connectivity index (χ1v) is 9.52. The second-order valence-corrected chi connectivity index (χ2v) is 7.14. The minimum Gasteiger partial charge on any atom is -0.408 e. The van der Waals surface area contributed by atoms with Gasteiger partial charge in [0.25, 0.3) is 0 Å². The number of thioether (sulfide) groups is 1. The predicted molar refractivity (Wildman–Crippen MR) is 101 cm³/mol. The van der Waals surface area contributed by atoms with Gasteiger partial charge in [-0.1, -0.05) is 23.9 Å². The summed E-state index contributed by atoms with van der Waals surface area (Å²) in [7, 11) is 0. The molecule has 0 fully saturated rings. The average Bonchev–Trinajstić information content (AvgIpc) is 3.22. The molecule has 4 rings (SSSR count). The summed E-state index contributed by atoms with van der Waals surface area (Å²) in [4.78, 5) is 15.9. The Hall–Kier alpha value is -3.08. The van der Waals surface area contributed by atoms with Crippen LogP contribution in [-0.4, -0.2) is 36.2 Å². The van der Waals surface area contributed by atoms with E-state index in [9.17, 15) is 18.0 Å². The molecule has 3 heterocycles. The molecule has 150 valence electrons. The monoisotopic (exact) mass is 421 g/mol. The van der Waals surface area contributed by atoms with Gasteiger partial charge in [0, 0.05) is 30.3 Å². The molecular formula is C18H14F3N5O2S. The van der Waals surface area contributed by atoms with Crippen LogP contribution in [0.4, 0.5) is 13.2 Å². The topological polar surface area (TPSA) is 78.7 Å². The zero-order valence-corrected chi connectivity index (χ0v) is 15.7. The van der Waals surface area contributed by atoms with Crippen LogP contribution < -0.4 is 5.76 Å². The van der Waals surface area contributed by atoms with E-state index >= 15 is 0 Å². The van der Waals surface area contributed by atoms with Crippen molar-refractivity contribution < 1.29 is 17.6 Å². The van der Waals surface area contributed by atoms with Crippen LogP contribution in [0.2, 0.25) is 0 Å². The number of nitrogens with zero attached hydrogens (tertiary/aromatic N) is 5. The van der Waals surface area contributed by atoms with Gasteiger partial charge in [0.1, 0.15) is 6.54 Å². The smallest absolute Gasteiger partial charge is 0.408 e. The molecule has 0 unspecified atom stereocenters. The Morgan fingerprint density at radius 2 is 1.79 bits per heavy atom. The van der Waals surface area contributed by atoms with Crippen molar-refractivity contribution in [3.05, 3.63) is 59.3 Å². The number of oxazole rings is 1. The Kier molecular flexibility index (Phi) is 5.14. The summed E-state index contributed by atoms with van der Waals surface area (Å²) in [5, 5.41) is 7.98. The molecule has 0 amide bonds. The van der Waals surface area contributed by atoms with Crippen molar-refractivity contribution in [2.24, 2.45) is 0 Å². The Morgan fingerprint density at radius 1 is 1.03 bits per heavy atom. The fourth-order valence-electron chi connectivity index (χ4n) is 2.89. The number of pyridine rings is 1. The Bertz CT molecular complexity index is 1180. The maximum atomic E-state index is 13.1. The number of hydrogen-bond acceptors (Lipinski definition) is 6. The van der Waals surface area contributed by atoms with Gasteiger partial charge in [-0.3, -0.25) is 14.1 Å². The Balaban J connectivity index is 1.57. The summed E-state index contributed by atoms with van der Waals surface area (Å²) in [6, 6.07) is 10.1. The molecule has 0 aliphatic heterocycles. The first kappa shape index (κ1) is 19.2. The lowest BCUT2D eigenvalue weighted by Gasteiger charge is -2.12. The van der Waals surface area contributed by atoms with Crippen molar-refractivity contribution in [3.8, 4) is 11.4 Å². The lowest BCUT2D eigenvalue weighted by atomic mass is 10.2. The van der Waals surface area contributed by atoms with Crippen LogP contribution >= 0.6 is 11.8 Å². The number of alkyl halides is 3. The Labute approximate surface area is 166 Å². The van der Waals surface area contributed by atoms with E-state index in [0.29, 0.717) is 22.4 Å². The third-order valence-corrected chi connectivity index (χ3v) is 5.06. The third-order valence-electron chi connectivity index (χ3n) is 4.11. The van der Waals surface area contributed by atoms with Crippen molar-refractivity contribution >= 4 is 22.9 Å². The van der Waals surface area contributed by atoms with Gasteiger partial charge in [-0.15, -0.1) is 10.2 Å². The minimum atomic E-state index is -4.43. The summed E-state index contributed by atoms with van der Waals surface area (Å²) in [5.74, 6) is -0.0883. The molecule has 7 nitrogen and oxygen atoms in total. The van der Waals surface area contributed by atoms with E-state index in [0.717, 1.165) is 16.3 Å². The maximum absolute atomic E-state index is 13.1. The molecule has 0 aliphatic carbocycles. The quantitative estimate of drug-likeness (QED) is 0.443. The molecule has 0 N–H and O–H groups in total. The van der Waals surface area contributed by atoms with Crippen molar-refractivity contribution in [3.63, 3.8) is 0 Å². The molecule has 0 saturated carbocycles. The number of hydrogen-bond donors (Lipinski definition) is 0. The van der Waals surface area contributed by atoms with Gasteiger partial charge in [-0.05, 0) is 24.3 Å². The average molecular weight is 421 g/mol. The minimum absolute atomic E-state index is 0.109. The number of halogens is 3. The van der Waals surface area contributed by atoms with E-state index in [1.807, 2.05) is 0 Å². The fraction of sp³-hybridized carbons (Fsp3) is 0.222. The van der Waals surface area contributed by atoms with E-state index < -0.39 is 18.5 Å². The van der Waals surface area contributed by atoms with Crippen molar-refractivity contribution in [1.29, 1.82) is 0 Å². The molecule has 0 spiro atoms. The standard InChI is InChI=1S/C18H14F3N5O2S/c19-18(20,21)11-26-15(12-5-7-22-8-6-12)23-24-16(26)29-10-9-25-13-3-1-2-4-14(13)28-17(25)27/h1-8H,9-11H2. The molecule has 0 atom stereocenters. The highest BCUT2D eigenvalue weighted by atomic mass is 32.2. The van der Waals surface area contributed by atoms with Gasteiger partial charge >= 0.3 is 11.9 Å². The lowest BCUT2D eigenvalue weighted by molar-refractivity contribution is -0.141. The maximum Gasteiger partial charge on any atom is 0.419 e. The van der Waals surface area contributed by atoms with Gasteiger partial charge in [-0.2, -0.15) is 13.2 Å². The summed E-state index contributed by atoms with van der Waals surface area (Å²) < 4.78 is 47.0. The summed E-state index contributed by atoms with van der Waals surface area (Å²) in [5.41, 5.74) is 1.58. The molecule has 1 aromatic carbocycles. The highest BCUT2D eigenvalue weighted by Crippen LogP contribution is 2.28. The van der Waals surface area contributed by atoms with Crippen molar-refractivity contribution in [2.45, 2.75) is 24.4 Å². The number of para-hydroxylation sites is 2. The number of aromatic nitrogens is 5. The van der Waals surface area contributed by atoms with Gasteiger partial charge in [0.15, 0.2) is 16.6 Å². The molecule has 0 bridgehead atoms. The molecule has 0 radical (unpaired) electrons. The van der Waals surface area contributed by atoms with Gasteiger partial charge in [0.05, 0.1) is 5.52 Å². The van der Waals surface area contributed by atoms with Gasteiger partial charge < -0.3 is 4.42 Å². The highest BCUT2D eigenvalue weighted by Gasteiger charge is 2.31. The van der Waals surface area contributed by atoms with Crippen LogP contribution in [0.1, 0.15) is 0 Å². The first-order valence-electron chi connectivity index (χ1n) is 8.54. The SMILES string of the molecule is O=c1oc2ccccc2n1CCSc1nnc(-c2ccncc2)n1CC(F)(F)F. The van der Waals surface area contributed by atoms with Crippen molar-refractivity contribution in [2.75, 3.05) is 5.75 Å². The fourth-order valence-corrected chi connectivity index (χ4v) is 3.75. The van der Waals surface area contributed by atoms with Crippen LogP contribution in [0.25, 0.3) is 22.5 Å². The van der Waals surface area contributed by atoms with Gasteiger partial charge in [-0.25, -0.2) is 4.79 Å². The van der Waals surface area contributed by atoms with Crippen molar-refractivity contribution in [1.82, 2.24) is 24.3 Å². The van der Waals surface area contributed by atoms with Crippen LogP contribution in [0.15, 0.2) is 63.2 Å². The molecule has 0 aliphatic rings. The Morgan fingerprint density at radius 3 is 2.55 bits per heavy atom. The number of fused-ring (bicyclic) bond motifs is 1. The molecule has 3 aromatic heterocycles. The van der Waals surface area contributed by atoms with Crippen LogP contribution in [-0.2, 0) is 13.1 Å². The highest BCUT2D eigenvalue weighted by molar-refractivity contribution is 7.99. The zero-order chi connectivity index (χ0) is 20.4. The normalized spacial score (nSPS) is 12.0. The third kappa shape index (κ3) is 4.19. The van der Waals surface area contributed by atoms with Crippen LogP contribution in [0.3, 0.4) is 0 Å². The second kappa shape index (κ2) is 7.74. The van der Waals surface area contributed by atoms with E-state index in [1.54, 1.807) is 36.4 Å². The molecule has 29 heavy (non-hydrogen) atoms. The van der Waals surface area contributed by atoms with E-state index in [-0.39, 0.29) is 17.5 Å². The zero-order valence-electron chi connectivity index (χ0n) is 14.8. The van der Waals surface area contributed by atoms with E-state index in [2.05, 4.69) is 15.2 Å². The summed E-state index contributed by atoms with van der Waals surface area (Å²) in [6.45, 7) is -0.960. The lowest BCUT2D eigenvalue weighted by Crippen LogP contribution is -2.19. The molecule has 4 aromatic rings. The molecule has 11 heteroatoms. The number of benzene rings is 1.